The van der Waals surface area contributed by atoms with Crippen LogP contribution in [-0.4, -0.2) is 4.83 Å². The Morgan fingerprint density at radius 3 is 2.38 bits per heavy atom. The topological polar surface area (TPSA) is 0 Å². The van der Waals surface area contributed by atoms with Gasteiger partial charge in [0.25, 0.3) is 0 Å². The van der Waals surface area contributed by atoms with Crippen LogP contribution in [0.2, 0.25) is 0 Å². The van der Waals surface area contributed by atoms with Gasteiger partial charge < -0.3 is 0 Å². The first-order chi connectivity index (χ1) is 6.02. The molecule has 0 saturated carbocycles. The van der Waals surface area contributed by atoms with E-state index in [-0.39, 0.29) is 5.82 Å². The Balaban J connectivity index is 3.01. The largest absolute Gasteiger partial charge is 0.207 e. The second kappa shape index (κ2) is 4.56. The van der Waals surface area contributed by atoms with E-state index in [1.165, 1.54) is 12.1 Å². The monoisotopic (exact) mass is 308 g/mol. The Labute approximate surface area is 94.8 Å². The fourth-order valence-corrected chi connectivity index (χ4v) is 2.11. The van der Waals surface area contributed by atoms with Crippen LogP contribution < -0.4 is 0 Å². The van der Waals surface area contributed by atoms with Crippen LogP contribution in [0.3, 0.4) is 0 Å². The molecule has 3 heteroatoms. The van der Waals surface area contributed by atoms with Crippen molar-refractivity contribution in [3.8, 4) is 0 Å². The Kier molecular flexibility index (Phi) is 3.92. The molecule has 0 spiro atoms. The lowest BCUT2D eigenvalue weighted by Crippen LogP contribution is -2.05. The Bertz CT molecular complexity index is 297. The van der Waals surface area contributed by atoms with Crippen LogP contribution in [0.4, 0.5) is 4.39 Å². The summed E-state index contributed by atoms with van der Waals surface area (Å²) in [5, 5.41) is 0. The molecule has 0 aliphatic carbocycles. The molecular formula is C10H11Br2F. The summed E-state index contributed by atoms with van der Waals surface area (Å²) in [6.07, 6.45) is 0. The predicted octanol–water partition coefficient (Wildman–Crippen LogP) is 4.48. The SMILES string of the molecule is CC(Br)C(C)c1ccc(F)cc1Br. The quantitative estimate of drug-likeness (QED) is 0.707. The van der Waals surface area contributed by atoms with E-state index in [1.54, 1.807) is 0 Å². The fraction of sp³-hybridized carbons (Fsp3) is 0.400. The molecule has 0 aliphatic heterocycles. The van der Waals surface area contributed by atoms with E-state index in [1.807, 2.05) is 6.07 Å². The van der Waals surface area contributed by atoms with Crippen molar-refractivity contribution in [1.29, 1.82) is 0 Å². The van der Waals surface area contributed by atoms with E-state index >= 15 is 0 Å². The van der Waals surface area contributed by atoms with Gasteiger partial charge in [0, 0.05) is 9.30 Å². The second-order valence-corrected chi connectivity index (χ2v) is 5.43. The van der Waals surface area contributed by atoms with Gasteiger partial charge >= 0.3 is 0 Å². The summed E-state index contributed by atoms with van der Waals surface area (Å²) in [6, 6.07) is 4.81. The summed E-state index contributed by atoms with van der Waals surface area (Å²) in [6.45, 7) is 4.19. The van der Waals surface area contributed by atoms with Crippen molar-refractivity contribution < 1.29 is 4.39 Å². The normalized spacial score (nSPS) is 15.5. The minimum absolute atomic E-state index is 0.204. The third-order valence-electron chi connectivity index (χ3n) is 2.14. The number of alkyl halides is 1. The molecule has 1 aromatic carbocycles. The van der Waals surface area contributed by atoms with Crippen molar-refractivity contribution >= 4 is 31.9 Å². The number of benzene rings is 1. The molecule has 0 N–H and O–H groups in total. The van der Waals surface area contributed by atoms with E-state index in [4.69, 9.17) is 0 Å². The number of halogens is 3. The Morgan fingerprint density at radius 2 is 1.92 bits per heavy atom. The molecule has 0 heterocycles. The molecule has 0 aromatic heterocycles. The molecule has 2 unspecified atom stereocenters. The van der Waals surface area contributed by atoms with E-state index in [0.717, 1.165) is 10.0 Å². The maximum Gasteiger partial charge on any atom is 0.124 e. The molecule has 0 fully saturated rings. The van der Waals surface area contributed by atoms with Gasteiger partial charge in [-0.15, -0.1) is 0 Å². The minimum atomic E-state index is -0.204. The molecule has 0 radical (unpaired) electrons. The highest BCUT2D eigenvalue weighted by atomic mass is 79.9. The van der Waals surface area contributed by atoms with Crippen LogP contribution in [-0.2, 0) is 0 Å². The van der Waals surface area contributed by atoms with Crippen LogP contribution in [0, 0.1) is 5.82 Å². The van der Waals surface area contributed by atoms with E-state index < -0.39 is 0 Å². The summed E-state index contributed by atoms with van der Waals surface area (Å²) in [4.78, 5) is 0.384. The zero-order valence-corrected chi connectivity index (χ0v) is 10.7. The Morgan fingerprint density at radius 1 is 1.31 bits per heavy atom. The second-order valence-electron chi connectivity index (χ2n) is 3.13. The summed E-state index contributed by atoms with van der Waals surface area (Å²) in [5.41, 5.74) is 1.13. The van der Waals surface area contributed by atoms with Crippen LogP contribution >= 0.6 is 31.9 Å². The van der Waals surface area contributed by atoms with Gasteiger partial charge in [0.05, 0.1) is 0 Å². The summed E-state index contributed by atoms with van der Waals surface area (Å²) < 4.78 is 13.6. The smallest absolute Gasteiger partial charge is 0.124 e. The van der Waals surface area contributed by atoms with Crippen LogP contribution in [0.25, 0.3) is 0 Å². The molecule has 0 bridgehead atoms. The van der Waals surface area contributed by atoms with Gasteiger partial charge in [-0.1, -0.05) is 51.8 Å². The van der Waals surface area contributed by atoms with Crippen molar-refractivity contribution in [3.05, 3.63) is 34.1 Å². The van der Waals surface area contributed by atoms with Crippen molar-refractivity contribution in [2.75, 3.05) is 0 Å². The molecule has 0 amide bonds. The van der Waals surface area contributed by atoms with Crippen molar-refractivity contribution in [2.45, 2.75) is 24.6 Å². The zero-order chi connectivity index (χ0) is 10.0. The first-order valence-electron chi connectivity index (χ1n) is 4.11. The fourth-order valence-electron chi connectivity index (χ4n) is 1.12. The van der Waals surface area contributed by atoms with Crippen LogP contribution in [0.1, 0.15) is 25.3 Å². The molecular weight excluding hydrogens is 299 g/mol. The molecule has 0 aliphatic rings. The third kappa shape index (κ3) is 2.78. The van der Waals surface area contributed by atoms with Crippen molar-refractivity contribution in [3.63, 3.8) is 0 Å². The van der Waals surface area contributed by atoms with Gasteiger partial charge in [0.2, 0.25) is 0 Å². The van der Waals surface area contributed by atoms with Gasteiger partial charge in [0.15, 0.2) is 0 Å². The molecule has 0 saturated heterocycles. The number of hydrogen-bond donors (Lipinski definition) is 0. The van der Waals surface area contributed by atoms with E-state index in [9.17, 15) is 4.39 Å². The van der Waals surface area contributed by atoms with Gasteiger partial charge in [-0.3, -0.25) is 0 Å². The molecule has 72 valence electrons. The lowest BCUT2D eigenvalue weighted by Gasteiger charge is -2.16. The molecule has 2 atom stereocenters. The Hall–Kier alpha value is 0.110. The average molecular weight is 310 g/mol. The average Bonchev–Trinajstić information content (AvgIpc) is 2.03. The van der Waals surface area contributed by atoms with Crippen molar-refractivity contribution in [1.82, 2.24) is 0 Å². The summed E-state index contributed by atoms with van der Waals surface area (Å²) in [5.74, 6) is 0.167. The minimum Gasteiger partial charge on any atom is -0.207 e. The van der Waals surface area contributed by atoms with E-state index in [0.29, 0.717) is 10.7 Å². The summed E-state index contributed by atoms with van der Waals surface area (Å²) in [7, 11) is 0. The lowest BCUT2D eigenvalue weighted by atomic mass is 9.99. The van der Waals surface area contributed by atoms with Gasteiger partial charge in [-0.25, -0.2) is 4.39 Å². The van der Waals surface area contributed by atoms with Crippen molar-refractivity contribution in [2.24, 2.45) is 0 Å². The molecule has 1 rings (SSSR count). The predicted molar refractivity (Wildman–Crippen MR) is 60.9 cm³/mol. The lowest BCUT2D eigenvalue weighted by molar-refractivity contribution is 0.624. The number of rotatable bonds is 2. The first kappa shape index (κ1) is 11.2. The van der Waals surface area contributed by atoms with Crippen LogP contribution in [0.5, 0.6) is 0 Å². The first-order valence-corrected chi connectivity index (χ1v) is 5.82. The van der Waals surface area contributed by atoms with Gasteiger partial charge in [-0.05, 0) is 23.6 Å². The van der Waals surface area contributed by atoms with Gasteiger partial charge in [0.1, 0.15) is 5.82 Å². The zero-order valence-electron chi connectivity index (χ0n) is 7.52. The summed E-state index contributed by atoms with van der Waals surface area (Å²) >= 11 is 6.87. The molecule has 13 heavy (non-hydrogen) atoms. The highest BCUT2D eigenvalue weighted by Crippen LogP contribution is 2.30. The maximum atomic E-state index is 12.8. The molecule has 1 aromatic rings. The number of hydrogen-bond acceptors (Lipinski definition) is 0. The van der Waals surface area contributed by atoms with Gasteiger partial charge in [-0.2, -0.15) is 0 Å². The highest BCUT2D eigenvalue weighted by molar-refractivity contribution is 9.10. The standard InChI is InChI=1S/C10H11Br2F/c1-6(7(2)11)9-4-3-8(13)5-10(9)12/h3-7H,1-2H3. The van der Waals surface area contributed by atoms with E-state index in [2.05, 4.69) is 45.7 Å². The third-order valence-corrected chi connectivity index (χ3v) is 3.62. The highest BCUT2D eigenvalue weighted by Gasteiger charge is 2.14. The van der Waals surface area contributed by atoms with Crippen LogP contribution in [0.15, 0.2) is 22.7 Å². The maximum absolute atomic E-state index is 12.8. The molecule has 0 nitrogen and oxygen atoms in total.